The normalized spacial score (nSPS) is 14.2. The van der Waals surface area contributed by atoms with E-state index in [2.05, 4.69) is 16.4 Å². The second kappa shape index (κ2) is 5.54. The predicted molar refractivity (Wildman–Crippen MR) is 79.3 cm³/mol. The molecule has 0 bridgehead atoms. The fraction of sp³-hybridized carbons (Fsp3) is 0.267. The number of aryl methyl sites for hydroxylation is 2. The van der Waals surface area contributed by atoms with Crippen LogP contribution in [0.3, 0.4) is 0 Å². The molecule has 3 rings (SSSR count). The van der Waals surface area contributed by atoms with Gasteiger partial charge in [-0.3, -0.25) is 0 Å². The maximum absolute atomic E-state index is 11.5. The summed E-state index contributed by atoms with van der Waals surface area (Å²) < 4.78 is 0. The van der Waals surface area contributed by atoms with Crippen molar-refractivity contribution in [2.75, 3.05) is 5.32 Å². The SMILES string of the molecule is N#Cc1cc2c(nc1NC(C(=O)O)c1cccs1)CCC2. The first-order chi connectivity index (χ1) is 10.2. The van der Waals surface area contributed by atoms with E-state index in [9.17, 15) is 15.2 Å². The number of nitrogens with zero attached hydrogens (tertiary/aromatic N) is 2. The van der Waals surface area contributed by atoms with Crippen LogP contribution >= 0.6 is 11.3 Å². The second-order valence-corrected chi connectivity index (χ2v) is 5.87. The largest absolute Gasteiger partial charge is 0.479 e. The molecule has 2 heterocycles. The number of hydrogen-bond donors (Lipinski definition) is 2. The third-order valence-electron chi connectivity index (χ3n) is 3.53. The number of fused-ring (bicyclic) bond motifs is 1. The van der Waals surface area contributed by atoms with Crippen LogP contribution in [-0.4, -0.2) is 16.1 Å². The van der Waals surface area contributed by atoms with E-state index in [1.54, 1.807) is 12.1 Å². The third kappa shape index (κ3) is 2.60. The van der Waals surface area contributed by atoms with Gasteiger partial charge >= 0.3 is 5.97 Å². The van der Waals surface area contributed by atoms with Crippen molar-refractivity contribution in [1.29, 1.82) is 5.26 Å². The molecular formula is C15H13N3O2S. The van der Waals surface area contributed by atoms with E-state index < -0.39 is 12.0 Å². The van der Waals surface area contributed by atoms with Gasteiger partial charge in [0.15, 0.2) is 6.04 Å². The van der Waals surface area contributed by atoms with E-state index >= 15 is 0 Å². The van der Waals surface area contributed by atoms with E-state index in [0.717, 1.165) is 30.5 Å². The number of aliphatic carboxylic acids is 1. The van der Waals surface area contributed by atoms with E-state index in [0.29, 0.717) is 16.3 Å². The Morgan fingerprint density at radius 1 is 1.52 bits per heavy atom. The molecule has 5 nitrogen and oxygen atoms in total. The summed E-state index contributed by atoms with van der Waals surface area (Å²) in [6.07, 6.45) is 2.85. The monoisotopic (exact) mass is 299 g/mol. The smallest absolute Gasteiger partial charge is 0.331 e. The zero-order valence-corrected chi connectivity index (χ0v) is 12.0. The third-order valence-corrected chi connectivity index (χ3v) is 4.46. The van der Waals surface area contributed by atoms with Crippen molar-refractivity contribution in [1.82, 2.24) is 4.98 Å². The Kier molecular flexibility index (Phi) is 3.59. The molecule has 0 aliphatic heterocycles. The molecule has 2 aromatic heterocycles. The lowest BCUT2D eigenvalue weighted by Crippen LogP contribution is -2.21. The van der Waals surface area contributed by atoms with Crippen LogP contribution < -0.4 is 5.32 Å². The zero-order valence-electron chi connectivity index (χ0n) is 11.2. The Morgan fingerprint density at radius 2 is 2.38 bits per heavy atom. The molecule has 0 amide bonds. The number of pyridine rings is 1. The second-order valence-electron chi connectivity index (χ2n) is 4.89. The summed E-state index contributed by atoms with van der Waals surface area (Å²) in [6, 6.07) is 6.60. The maximum Gasteiger partial charge on any atom is 0.331 e. The highest BCUT2D eigenvalue weighted by atomic mass is 32.1. The molecule has 1 aliphatic rings. The lowest BCUT2D eigenvalue weighted by Gasteiger charge is -2.15. The summed E-state index contributed by atoms with van der Waals surface area (Å²) >= 11 is 1.36. The number of thiophene rings is 1. The standard InChI is InChI=1S/C15H13N3O2S/c16-8-10-7-9-3-1-4-11(9)17-14(10)18-13(15(19)20)12-5-2-6-21-12/h2,5-7,13H,1,3-4H2,(H,17,18)(H,19,20). The number of aromatic nitrogens is 1. The van der Waals surface area contributed by atoms with Gasteiger partial charge in [-0.05, 0) is 42.3 Å². The average molecular weight is 299 g/mol. The number of hydrogen-bond acceptors (Lipinski definition) is 5. The van der Waals surface area contributed by atoms with Crippen LogP contribution in [0.4, 0.5) is 5.82 Å². The van der Waals surface area contributed by atoms with Gasteiger partial charge in [-0.1, -0.05) is 6.07 Å². The van der Waals surface area contributed by atoms with Crippen LogP contribution in [0.25, 0.3) is 0 Å². The highest BCUT2D eigenvalue weighted by molar-refractivity contribution is 7.10. The number of anilines is 1. The Balaban J connectivity index is 1.97. The topological polar surface area (TPSA) is 86.0 Å². The van der Waals surface area contributed by atoms with Crippen LogP contribution in [0.15, 0.2) is 23.6 Å². The Labute approximate surface area is 125 Å². The van der Waals surface area contributed by atoms with Gasteiger partial charge in [0.1, 0.15) is 11.9 Å². The summed E-state index contributed by atoms with van der Waals surface area (Å²) in [7, 11) is 0. The lowest BCUT2D eigenvalue weighted by molar-refractivity contribution is -0.138. The summed E-state index contributed by atoms with van der Waals surface area (Å²) in [6.45, 7) is 0. The quantitative estimate of drug-likeness (QED) is 0.906. The molecule has 1 unspecified atom stereocenters. The molecule has 1 aliphatic carbocycles. The predicted octanol–water partition coefficient (Wildman–Crippen LogP) is 2.74. The highest BCUT2D eigenvalue weighted by Crippen LogP contribution is 2.28. The fourth-order valence-corrected chi connectivity index (χ4v) is 3.28. The number of nitriles is 1. The van der Waals surface area contributed by atoms with E-state index in [1.807, 2.05) is 11.4 Å². The molecule has 2 N–H and O–H groups in total. The molecule has 0 saturated carbocycles. The van der Waals surface area contributed by atoms with Crippen LogP contribution in [0, 0.1) is 11.3 Å². The van der Waals surface area contributed by atoms with Gasteiger partial charge in [0.05, 0.1) is 5.56 Å². The summed E-state index contributed by atoms with van der Waals surface area (Å²) in [5.74, 6) is -0.623. The zero-order chi connectivity index (χ0) is 14.8. The van der Waals surface area contributed by atoms with Gasteiger partial charge in [-0.25, -0.2) is 9.78 Å². The average Bonchev–Trinajstić information content (AvgIpc) is 3.14. The van der Waals surface area contributed by atoms with Gasteiger partial charge in [0.25, 0.3) is 0 Å². The Hall–Kier alpha value is -2.39. The Bertz CT molecular complexity index is 719. The van der Waals surface area contributed by atoms with E-state index in [1.165, 1.54) is 11.3 Å². The Morgan fingerprint density at radius 3 is 3.05 bits per heavy atom. The summed E-state index contributed by atoms with van der Waals surface area (Å²) in [4.78, 5) is 16.6. The molecular weight excluding hydrogens is 286 g/mol. The minimum atomic E-state index is -0.983. The van der Waals surface area contributed by atoms with Crippen LogP contribution in [0.2, 0.25) is 0 Å². The van der Waals surface area contributed by atoms with Crippen molar-refractivity contribution < 1.29 is 9.90 Å². The van der Waals surface area contributed by atoms with Gasteiger partial charge in [0.2, 0.25) is 0 Å². The van der Waals surface area contributed by atoms with Crippen LogP contribution in [-0.2, 0) is 17.6 Å². The first kappa shape index (κ1) is 13.6. The molecule has 0 aromatic carbocycles. The van der Waals surface area contributed by atoms with Crippen molar-refractivity contribution in [2.24, 2.45) is 0 Å². The van der Waals surface area contributed by atoms with Crippen molar-refractivity contribution in [3.63, 3.8) is 0 Å². The van der Waals surface area contributed by atoms with E-state index in [-0.39, 0.29) is 0 Å². The van der Waals surface area contributed by atoms with Crippen LogP contribution in [0.5, 0.6) is 0 Å². The lowest BCUT2D eigenvalue weighted by atomic mass is 10.1. The molecule has 6 heteroatoms. The van der Waals surface area contributed by atoms with Gasteiger partial charge in [-0.15, -0.1) is 11.3 Å². The van der Waals surface area contributed by atoms with Crippen molar-refractivity contribution >= 4 is 23.1 Å². The van der Waals surface area contributed by atoms with Gasteiger partial charge in [-0.2, -0.15) is 5.26 Å². The van der Waals surface area contributed by atoms with Crippen molar-refractivity contribution in [3.8, 4) is 6.07 Å². The molecule has 0 saturated heterocycles. The summed E-state index contributed by atoms with van der Waals surface area (Å²) in [5.41, 5.74) is 2.46. The van der Waals surface area contributed by atoms with Crippen LogP contribution in [0.1, 0.15) is 34.2 Å². The molecule has 2 aromatic rings. The minimum absolute atomic E-state index is 0.360. The molecule has 106 valence electrons. The first-order valence-electron chi connectivity index (χ1n) is 6.64. The van der Waals surface area contributed by atoms with E-state index in [4.69, 9.17) is 0 Å². The van der Waals surface area contributed by atoms with Crippen molar-refractivity contribution in [2.45, 2.75) is 25.3 Å². The maximum atomic E-state index is 11.5. The molecule has 0 radical (unpaired) electrons. The number of nitrogens with one attached hydrogen (secondary N) is 1. The number of carbonyl (C=O) groups is 1. The number of carboxylic acids is 1. The first-order valence-corrected chi connectivity index (χ1v) is 7.52. The molecule has 0 spiro atoms. The number of carboxylic acid groups (broad SMARTS) is 1. The molecule has 21 heavy (non-hydrogen) atoms. The fourth-order valence-electron chi connectivity index (χ4n) is 2.51. The number of rotatable bonds is 4. The summed E-state index contributed by atoms with van der Waals surface area (Å²) in [5, 5.41) is 23.4. The van der Waals surface area contributed by atoms with Gasteiger partial charge < -0.3 is 10.4 Å². The van der Waals surface area contributed by atoms with Crippen molar-refractivity contribution in [3.05, 3.63) is 45.3 Å². The highest BCUT2D eigenvalue weighted by Gasteiger charge is 2.24. The minimum Gasteiger partial charge on any atom is -0.479 e. The van der Waals surface area contributed by atoms with Gasteiger partial charge in [0, 0.05) is 10.6 Å². The molecule has 1 atom stereocenters. The molecule has 0 fully saturated rings.